The molecule has 0 fully saturated rings. The highest BCUT2D eigenvalue weighted by atomic mass is 79.9. The van der Waals surface area contributed by atoms with E-state index in [1.54, 1.807) is 12.3 Å². The lowest BCUT2D eigenvalue weighted by Gasteiger charge is -2.08. The molecule has 0 aliphatic heterocycles. The summed E-state index contributed by atoms with van der Waals surface area (Å²) in [6.45, 7) is 1.85. The maximum atomic E-state index is 12.1. The van der Waals surface area contributed by atoms with E-state index in [0.717, 1.165) is 4.88 Å². The third-order valence-corrected chi connectivity index (χ3v) is 4.95. The molecule has 0 aliphatic carbocycles. The van der Waals surface area contributed by atoms with Crippen molar-refractivity contribution in [3.05, 3.63) is 33.7 Å². The number of benzene rings is 1. The van der Waals surface area contributed by atoms with Crippen LogP contribution < -0.4 is 10.5 Å². The molecule has 1 aromatic heterocycles. The predicted octanol–water partition coefficient (Wildman–Crippen LogP) is 2.60. The van der Waals surface area contributed by atoms with Gasteiger partial charge in [0.05, 0.1) is 5.69 Å². The standard InChI is InChI=1S/C10H10BrN3O2S2/c1-6-5-13-10(17-6)14-18(15,16)9-4-7(11)2-3-8(9)12/h2-5H,12H2,1H3,(H,13,14). The number of halogens is 1. The molecule has 0 bridgehead atoms. The van der Waals surface area contributed by atoms with E-state index in [2.05, 4.69) is 25.6 Å². The van der Waals surface area contributed by atoms with Gasteiger partial charge in [0.2, 0.25) is 0 Å². The number of hydrogen-bond donors (Lipinski definition) is 2. The van der Waals surface area contributed by atoms with Crippen LogP contribution in [0.3, 0.4) is 0 Å². The van der Waals surface area contributed by atoms with Gasteiger partial charge in [-0.25, -0.2) is 13.4 Å². The van der Waals surface area contributed by atoms with Crippen molar-refractivity contribution in [3.8, 4) is 0 Å². The van der Waals surface area contributed by atoms with E-state index >= 15 is 0 Å². The second kappa shape index (κ2) is 4.87. The molecule has 8 heteroatoms. The fourth-order valence-electron chi connectivity index (χ4n) is 1.31. The summed E-state index contributed by atoms with van der Waals surface area (Å²) in [6.07, 6.45) is 1.60. The Morgan fingerprint density at radius 1 is 1.44 bits per heavy atom. The molecule has 5 nitrogen and oxygen atoms in total. The lowest BCUT2D eigenvalue weighted by Crippen LogP contribution is -2.14. The van der Waals surface area contributed by atoms with Crippen molar-refractivity contribution in [1.82, 2.24) is 4.98 Å². The minimum Gasteiger partial charge on any atom is -0.398 e. The summed E-state index contributed by atoms with van der Waals surface area (Å²) in [7, 11) is -3.71. The van der Waals surface area contributed by atoms with Gasteiger partial charge in [-0.05, 0) is 25.1 Å². The highest BCUT2D eigenvalue weighted by Gasteiger charge is 2.19. The molecule has 0 unspecified atom stereocenters. The van der Waals surface area contributed by atoms with Crippen molar-refractivity contribution < 1.29 is 8.42 Å². The first-order valence-corrected chi connectivity index (χ1v) is 7.98. The molecule has 18 heavy (non-hydrogen) atoms. The fraction of sp³-hybridized carbons (Fsp3) is 0.100. The van der Waals surface area contributed by atoms with Crippen molar-refractivity contribution in [2.45, 2.75) is 11.8 Å². The van der Waals surface area contributed by atoms with Crippen LogP contribution in [-0.2, 0) is 10.0 Å². The molecule has 3 N–H and O–H groups in total. The molecule has 0 saturated carbocycles. The summed E-state index contributed by atoms with van der Waals surface area (Å²) in [6, 6.07) is 4.67. The van der Waals surface area contributed by atoms with E-state index in [9.17, 15) is 8.42 Å². The van der Waals surface area contributed by atoms with Crippen LogP contribution in [0, 0.1) is 6.92 Å². The summed E-state index contributed by atoms with van der Waals surface area (Å²) in [5.41, 5.74) is 5.87. The number of aromatic nitrogens is 1. The van der Waals surface area contributed by atoms with Crippen LogP contribution in [0.15, 0.2) is 33.8 Å². The molecular weight excluding hydrogens is 338 g/mol. The van der Waals surface area contributed by atoms with Crippen LogP contribution in [-0.4, -0.2) is 13.4 Å². The van der Waals surface area contributed by atoms with Gasteiger partial charge in [-0.15, -0.1) is 11.3 Å². The lowest BCUT2D eigenvalue weighted by molar-refractivity contribution is 0.601. The molecule has 0 atom stereocenters. The normalized spacial score (nSPS) is 11.4. The Labute approximate surface area is 117 Å². The summed E-state index contributed by atoms with van der Waals surface area (Å²) in [5, 5.41) is 0.326. The summed E-state index contributed by atoms with van der Waals surface area (Å²) in [5.74, 6) is 0. The molecule has 0 spiro atoms. The van der Waals surface area contributed by atoms with Crippen LogP contribution in [0.25, 0.3) is 0 Å². The van der Waals surface area contributed by atoms with Gasteiger partial charge in [0.15, 0.2) is 5.13 Å². The monoisotopic (exact) mass is 347 g/mol. The zero-order valence-corrected chi connectivity index (χ0v) is 12.6. The average molecular weight is 348 g/mol. The number of rotatable bonds is 3. The molecule has 2 aromatic rings. The summed E-state index contributed by atoms with van der Waals surface area (Å²) >= 11 is 4.48. The number of thiazole rings is 1. The Morgan fingerprint density at radius 2 is 2.17 bits per heavy atom. The van der Waals surface area contributed by atoms with Gasteiger partial charge < -0.3 is 5.73 Å². The maximum absolute atomic E-state index is 12.1. The SMILES string of the molecule is Cc1cnc(NS(=O)(=O)c2cc(Br)ccc2N)s1. The summed E-state index contributed by atoms with van der Waals surface area (Å²) in [4.78, 5) is 4.91. The summed E-state index contributed by atoms with van der Waals surface area (Å²) < 4.78 is 27.3. The van der Waals surface area contributed by atoms with Crippen molar-refractivity contribution in [3.63, 3.8) is 0 Å². The number of aryl methyl sites for hydroxylation is 1. The van der Waals surface area contributed by atoms with Gasteiger partial charge in [0.1, 0.15) is 4.90 Å². The molecule has 1 heterocycles. The maximum Gasteiger partial charge on any atom is 0.265 e. The van der Waals surface area contributed by atoms with E-state index in [4.69, 9.17) is 5.73 Å². The molecule has 2 rings (SSSR count). The van der Waals surface area contributed by atoms with Gasteiger partial charge in [-0.3, -0.25) is 4.72 Å². The van der Waals surface area contributed by atoms with E-state index in [1.165, 1.54) is 23.5 Å². The smallest absolute Gasteiger partial charge is 0.265 e. The Bertz CT molecular complexity index is 682. The molecule has 0 saturated heterocycles. The largest absolute Gasteiger partial charge is 0.398 e. The first-order valence-electron chi connectivity index (χ1n) is 4.89. The average Bonchev–Trinajstić information content (AvgIpc) is 2.66. The number of sulfonamides is 1. The molecule has 0 amide bonds. The lowest BCUT2D eigenvalue weighted by atomic mass is 10.3. The van der Waals surface area contributed by atoms with E-state index in [0.29, 0.717) is 9.60 Å². The second-order valence-corrected chi connectivity index (χ2v) is 7.36. The fourth-order valence-corrected chi connectivity index (χ4v) is 3.89. The minimum absolute atomic E-state index is 0.0322. The van der Waals surface area contributed by atoms with Crippen molar-refractivity contribution in [1.29, 1.82) is 0 Å². The Morgan fingerprint density at radius 3 is 2.78 bits per heavy atom. The number of nitrogens with zero attached hydrogens (tertiary/aromatic N) is 1. The van der Waals surface area contributed by atoms with E-state index in [-0.39, 0.29) is 10.6 Å². The van der Waals surface area contributed by atoms with E-state index in [1.807, 2.05) is 6.92 Å². The highest BCUT2D eigenvalue weighted by molar-refractivity contribution is 9.10. The zero-order valence-electron chi connectivity index (χ0n) is 9.34. The Kier molecular flexibility index (Phi) is 3.60. The van der Waals surface area contributed by atoms with Crippen LogP contribution in [0.5, 0.6) is 0 Å². The van der Waals surface area contributed by atoms with Gasteiger partial charge >= 0.3 is 0 Å². The topological polar surface area (TPSA) is 85.1 Å². The molecule has 1 aromatic carbocycles. The van der Waals surface area contributed by atoms with Gasteiger partial charge in [-0.2, -0.15) is 0 Å². The Balaban J connectivity index is 2.39. The minimum atomic E-state index is -3.71. The first kappa shape index (κ1) is 13.3. The predicted molar refractivity (Wildman–Crippen MR) is 76.2 cm³/mol. The van der Waals surface area contributed by atoms with Crippen LogP contribution in [0.4, 0.5) is 10.8 Å². The number of nitrogen functional groups attached to an aromatic ring is 1. The van der Waals surface area contributed by atoms with Crippen molar-refractivity contribution >= 4 is 48.1 Å². The molecule has 96 valence electrons. The quantitative estimate of drug-likeness (QED) is 0.835. The van der Waals surface area contributed by atoms with Gasteiger partial charge in [0.25, 0.3) is 10.0 Å². The highest BCUT2D eigenvalue weighted by Crippen LogP contribution is 2.26. The molecular formula is C10H10BrN3O2S2. The number of nitrogens with one attached hydrogen (secondary N) is 1. The van der Waals surface area contributed by atoms with Crippen molar-refractivity contribution in [2.75, 3.05) is 10.5 Å². The van der Waals surface area contributed by atoms with Crippen LogP contribution in [0.2, 0.25) is 0 Å². The second-order valence-electron chi connectivity index (χ2n) is 3.56. The van der Waals surface area contributed by atoms with E-state index < -0.39 is 10.0 Å². The number of nitrogens with two attached hydrogens (primary N) is 1. The first-order chi connectivity index (χ1) is 8.38. The number of anilines is 2. The van der Waals surface area contributed by atoms with Gasteiger partial charge in [0, 0.05) is 15.5 Å². The molecule has 0 radical (unpaired) electrons. The third kappa shape index (κ3) is 2.82. The van der Waals surface area contributed by atoms with Crippen LogP contribution >= 0.6 is 27.3 Å². The zero-order chi connectivity index (χ0) is 13.3. The van der Waals surface area contributed by atoms with Crippen molar-refractivity contribution in [2.24, 2.45) is 0 Å². The van der Waals surface area contributed by atoms with Crippen LogP contribution in [0.1, 0.15) is 4.88 Å². The molecule has 0 aliphatic rings. The third-order valence-electron chi connectivity index (χ3n) is 2.11. The number of hydrogen-bond acceptors (Lipinski definition) is 5. The Hall–Kier alpha value is -1.12. The van der Waals surface area contributed by atoms with Gasteiger partial charge in [-0.1, -0.05) is 15.9 Å².